The highest BCUT2D eigenvalue weighted by molar-refractivity contribution is 5.89. The average Bonchev–Trinajstić information content (AvgIpc) is 2.93. The number of carbonyl (C=O) groups is 1. The quantitative estimate of drug-likeness (QED) is 0.513. The Morgan fingerprint density at radius 2 is 1.94 bits per heavy atom. The SMILES string of the molecule is C/C=C1\C(C)CC(=O)N2C=Cc3ccccc3C2(C#N)C1(OC)c1nccc2ccccc12. The van der Waals surface area contributed by atoms with Gasteiger partial charge in [-0.05, 0) is 41.5 Å². The third-order valence-corrected chi connectivity index (χ3v) is 7.10. The second-order valence-electron chi connectivity index (χ2n) is 8.60. The highest BCUT2D eigenvalue weighted by atomic mass is 16.5. The first kappa shape index (κ1) is 21.1. The summed E-state index contributed by atoms with van der Waals surface area (Å²) in [6.07, 6.45) is 7.65. The van der Waals surface area contributed by atoms with Gasteiger partial charge < -0.3 is 4.74 Å². The summed E-state index contributed by atoms with van der Waals surface area (Å²) in [5.74, 6) is -0.270. The summed E-state index contributed by atoms with van der Waals surface area (Å²) in [7, 11) is 1.62. The van der Waals surface area contributed by atoms with Gasteiger partial charge in [0.05, 0.1) is 5.69 Å². The van der Waals surface area contributed by atoms with E-state index in [-0.39, 0.29) is 18.2 Å². The van der Waals surface area contributed by atoms with Crippen LogP contribution in [0, 0.1) is 17.2 Å². The van der Waals surface area contributed by atoms with Crippen LogP contribution >= 0.6 is 0 Å². The molecule has 1 amide bonds. The van der Waals surface area contributed by atoms with Crippen LogP contribution in [0.25, 0.3) is 16.8 Å². The van der Waals surface area contributed by atoms with Gasteiger partial charge in [0.1, 0.15) is 6.07 Å². The molecule has 0 radical (unpaired) electrons. The van der Waals surface area contributed by atoms with Gasteiger partial charge in [-0.15, -0.1) is 0 Å². The molecule has 0 aliphatic carbocycles. The molecule has 2 aliphatic rings. The highest BCUT2D eigenvalue weighted by Crippen LogP contribution is 2.58. The molecule has 2 aromatic carbocycles. The van der Waals surface area contributed by atoms with Crippen molar-refractivity contribution in [3.8, 4) is 6.07 Å². The molecule has 1 fully saturated rings. The number of allylic oxidation sites excluding steroid dienone is 1. The van der Waals surface area contributed by atoms with Gasteiger partial charge in [0.15, 0.2) is 11.1 Å². The summed E-state index contributed by atoms with van der Waals surface area (Å²) in [4.78, 5) is 20.0. The van der Waals surface area contributed by atoms with Crippen molar-refractivity contribution < 1.29 is 9.53 Å². The molecule has 5 nitrogen and oxygen atoms in total. The van der Waals surface area contributed by atoms with Gasteiger partial charge in [0, 0.05) is 36.9 Å². The zero-order chi connectivity index (χ0) is 23.2. The molecule has 3 heterocycles. The highest BCUT2D eigenvalue weighted by Gasteiger charge is 2.66. The Balaban J connectivity index is 2.02. The number of hydrogen-bond donors (Lipinski definition) is 0. The lowest BCUT2D eigenvalue weighted by molar-refractivity contribution is -0.141. The van der Waals surface area contributed by atoms with Crippen LogP contribution in [0.4, 0.5) is 0 Å². The molecular weight excluding hydrogens is 410 g/mol. The van der Waals surface area contributed by atoms with E-state index in [0.717, 1.165) is 27.5 Å². The van der Waals surface area contributed by atoms with Crippen molar-refractivity contribution in [1.29, 1.82) is 5.26 Å². The van der Waals surface area contributed by atoms with Gasteiger partial charge in [-0.2, -0.15) is 5.26 Å². The zero-order valence-electron chi connectivity index (χ0n) is 18.9. The number of aromatic nitrogens is 1. The second-order valence-corrected chi connectivity index (χ2v) is 8.60. The molecular formula is C28H25N3O2. The molecule has 3 atom stereocenters. The first-order valence-electron chi connectivity index (χ1n) is 11.1. The average molecular weight is 436 g/mol. The van der Waals surface area contributed by atoms with Crippen molar-refractivity contribution in [3.63, 3.8) is 0 Å². The van der Waals surface area contributed by atoms with Crippen LogP contribution in [0.15, 0.2) is 78.6 Å². The van der Waals surface area contributed by atoms with Crippen LogP contribution in [-0.4, -0.2) is 22.9 Å². The largest absolute Gasteiger partial charge is 0.363 e. The number of pyridine rings is 1. The van der Waals surface area contributed by atoms with Crippen LogP contribution in [-0.2, 0) is 20.7 Å². The van der Waals surface area contributed by atoms with Crippen LogP contribution in [0.2, 0.25) is 0 Å². The monoisotopic (exact) mass is 435 g/mol. The number of nitriles is 1. The van der Waals surface area contributed by atoms with E-state index < -0.39 is 11.1 Å². The normalized spacial score (nSPS) is 27.7. The molecule has 0 saturated carbocycles. The Kier molecular flexibility index (Phi) is 4.92. The summed E-state index contributed by atoms with van der Waals surface area (Å²) in [6, 6.07) is 20.2. The second kappa shape index (κ2) is 7.68. The maximum atomic E-state index is 13.6. The summed E-state index contributed by atoms with van der Waals surface area (Å²) in [5, 5.41) is 12.9. The Hall–Kier alpha value is -3.75. The van der Waals surface area contributed by atoms with Gasteiger partial charge in [-0.1, -0.05) is 61.5 Å². The Bertz CT molecular complexity index is 1360. The molecule has 0 spiro atoms. The van der Waals surface area contributed by atoms with E-state index in [1.807, 2.05) is 80.6 Å². The summed E-state index contributed by atoms with van der Waals surface area (Å²) < 4.78 is 6.51. The number of hydrogen-bond acceptors (Lipinski definition) is 4. The van der Waals surface area contributed by atoms with Gasteiger partial charge in [-0.3, -0.25) is 14.7 Å². The molecule has 3 unspecified atom stereocenters. The number of methoxy groups -OCH3 is 1. The van der Waals surface area contributed by atoms with E-state index in [9.17, 15) is 10.1 Å². The van der Waals surface area contributed by atoms with Gasteiger partial charge >= 0.3 is 0 Å². The molecule has 0 N–H and O–H groups in total. The number of benzene rings is 2. The fraction of sp³-hybridized carbons (Fsp3) is 0.250. The zero-order valence-corrected chi connectivity index (χ0v) is 18.9. The Morgan fingerprint density at radius 1 is 1.18 bits per heavy atom. The molecule has 5 rings (SSSR count). The van der Waals surface area contributed by atoms with Crippen molar-refractivity contribution in [1.82, 2.24) is 9.88 Å². The standard InChI is InChI=1S/C28H25N3O2/c1-4-23-19(2)17-25(32)31-16-14-21-10-6-8-12-24(21)27(31,18-29)28(23,33-3)26-22-11-7-5-9-20(22)13-15-30-26/h4-16,19H,17H2,1-3H3/b23-4+. The van der Waals surface area contributed by atoms with E-state index in [1.165, 1.54) is 0 Å². The molecule has 1 saturated heterocycles. The summed E-state index contributed by atoms with van der Waals surface area (Å²) in [6.45, 7) is 3.96. The minimum atomic E-state index is -1.48. The molecule has 0 bridgehead atoms. The number of rotatable bonds is 2. The summed E-state index contributed by atoms with van der Waals surface area (Å²) in [5.41, 5.74) is 0.312. The van der Waals surface area contributed by atoms with Crippen molar-refractivity contribution >= 4 is 22.8 Å². The Labute approximate surface area is 193 Å². The fourth-order valence-corrected chi connectivity index (χ4v) is 5.77. The fourth-order valence-electron chi connectivity index (χ4n) is 5.77. The first-order chi connectivity index (χ1) is 16.0. The minimum absolute atomic E-state index is 0.117. The lowest BCUT2D eigenvalue weighted by Gasteiger charge is -2.51. The number of fused-ring (bicyclic) bond motifs is 4. The van der Waals surface area contributed by atoms with Crippen molar-refractivity contribution in [2.45, 2.75) is 31.4 Å². The summed E-state index contributed by atoms with van der Waals surface area (Å²) >= 11 is 0. The van der Waals surface area contributed by atoms with Crippen LogP contribution in [0.3, 0.4) is 0 Å². The predicted octanol–water partition coefficient (Wildman–Crippen LogP) is 5.29. The van der Waals surface area contributed by atoms with Gasteiger partial charge in [-0.25, -0.2) is 0 Å². The molecule has 33 heavy (non-hydrogen) atoms. The van der Waals surface area contributed by atoms with E-state index in [0.29, 0.717) is 5.69 Å². The minimum Gasteiger partial charge on any atom is -0.363 e. The number of carbonyl (C=O) groups excluding carboxylic acids is 1. The first-order valence-corrected chi connectivity index (χ1v) is 11.1. The maximum absolute atomic E-state index is 13.6. The van der Waals surface area contributed by atoms with E-state index in [4.69, 9.17) is 9.72 Å². The predicted molar refractivity (Wildman–Crippen MR) is 128 cm³/mol. The smallest absolute Gasteiger partial charge is 0.228 e. The topological polar surface area (TPSA) is 66.2 Å². The van der Waals surface area contributed by atoms with E-state index in [2.05, 4.69) is 6.07 Å². The molecule has 5 heteroatoms. The van der Waals surface area contributed by atoms with Crippen LogP contribution < -0.4 is 0 Å². The molecule has 2 aliphatic heterocycles. The lowest BCUT2D eigenvalue weighted by Crippen LogP contribution is -2.61. The molecule has 164 valence electrons. The molecule has 1 aromatic heterocycles. The van der Waals surface area contributed by atoms with E-state index in [1.54, 1.807) is 24.4 Å². The Morgan fingerprint density at radius 3 is 2.70 bits per heavy atom. The number of ether oxygens (including phenoxy) is 1. The van der Waals surface area contributed by atoms with Crippen molar-refractivity contribution in [2.75, 3.05) is 7.11 Å². The number of amides is 1. The van der Waals surface area contributed by atoms with Gasteiger partial charge in [0.2, 0.25) is 5.91 Å². The third kappa shape index (κ3) is 2.62. The van der Waals surface area contributed by atoms with Crippen molar-refractivity contribution in [2.24, 2.45) is 5.92 Å². The maximum Gasteiger partial charge on any atom is 0.228 e. The molecule has 3 aromatic rings. The third-order valence-electron chi connectivity index (χ3n) is 7.10. The van der Waals surface area contributed by atoms with E-state index >= 15 is 0 Å². The van der Waals surface area contributed by atoms with Gasteiger partial charge in [0.25, 0.3) is 0 Å². The van der Waals surface area contributed by atoms with Crippen LogP contribution in [0.1, 0.15) is 37.1 Å². The van der Waals surface area contributed by atoms with Crippen LogP contribution in [0.5, 0.6) is 0 Å². The van der Waals surface area contributed by atoms with Crippen molar-refractivity contribution in [3.05, 3.63) is 95.5 Å². The lowest BCUT2D eigenvalue weighted by atomic mass is 9.64. The number of nitrogens with zero attached hydrogens (tertiary/aromatic N) is 3.